The third-order valence-electron chi connectivity index (χ3n) is 4.02. The van der Waals surface area contributed by atoms with Crippen LogP contribution in [0.5, 0.6) is 0 Å². The highest BCUT2D eigenvalue weighted by atomic mass is 32.2. The second kappa shape index (κ2) is 5.71. The van der Waals surface area contributed by atoms with Gasteiger partial charge < -0.3 is 10.6 Å². The topological polar surface area (TPSA) is 75.4 Å². The zero-order valence-electron chi connectivity index (χ0n) is 12.3. The molecule has 0 bridgehead atoms. The summed E-state index contributed by atoms with van der Waals surface area (Å²) in [6.07, 6.45) is 1.67. The Bertz CT molecular complexity index is 591. The molecule has 0 aromatic heterocycles. The van der Waals surface area contributed by atoms with Crippen LogP contribution in [-0.2, 0) is 10.0 Å². The molecular weight excluding hydrogens is 274 g/mol. The maximum Gasteiger partial charge on any atom is 0.243 e. The molecule has 20 heavy (non-hydrogen) atoms. The Labute approximate surface area is 121 Å². The molecule has 112 valence electrons. The van der Waals surface area contributed by atoms with E-state index in [0.29, 0.717) is 5.69 Å². The number of hydrogen-bond acceptors (Lipinski definition) is 4. The van der Waals surface area contributed by atoms with Crippen molar-refractivity contribution >= 4 is 15.7 Å². The lowest BCUT2D eigenvalue weighted by molar-refractivity contribution is 0.248. The van der Waals surface area contributed by atoms with Gasteiger partial charge in [0.15, 0.2) is 0 Å². The summed E-state index contributed by atoms with van der Waals surface area (Å²) in [5.41, 5.74) is 7.85. The van der Waals surface area contributed by atoms with Crippen LogP contribution in [0.4, 0.5) is 5.69 Å². The molecule has 1 heterocycles. The average molecular weight is 297 g/mol. The minimum atomic E-state index is -3.55. The Balaban J connectivity index is 2.25. The van der Waals surface area contributed by atoms with Crippen molar-refractivity contribution in [1.29, 1.82) is 0 Å². The number of rotatable bonds is 3. The van der Waals surface area contributed by atoms with E-state index in [4.69, 9.17) is 5.73 Å². The van der Waals surface area contributed by atoms with Crippen LogP contribution >= 0.6 is 0 Å². The Morgan fingerprint density at radius 2 is 1.85 bits per heavy atom. The number of nitrogens with zero attached hydrogens (tertiary/aromatic N) is 1. The molecule has 3 N–H and O–H groups in total. The van der Waals surface area contributed by atoms with E-state index in [9.17, 15) is 8.42 Å². The SMILES string of the molecule is Cc1ccc(N)c(S(=O)(=O)NC2CCN(C)CC2)c1C. The Morgan fingerprint density at radius 3 is 2.45 bits per heavy atom. The Kier molecular flexibility index (Phi) is 4.36. The molecule has 0 amide bonds. The molecule has 1 saturated heterocycles. The molecule has 1 aromatic rings. The predicted octanol–water partition coefficient (Wildman–Crippen LogP) is 1.26. The summed E-state index contributed by atoms with van der Waals surface area (Å²) in [6, 6.07) is 3.50. The number of sulfonamides is 1. The number of nitrogen functional groups attached to an aromatic ring is 1. The van der Waals surface area contributed by atoms with Crippen LogP contribution in [0.2, 0.25) is 0 Å². The van der Waals surface area contributed by atoms with Crippen LogP contribution in [0, 0.1) is 13.8 Å². The number of nitrogens with two attached hydrogens (primary N) is 1. The summed E-state index contributed by atoms with van der Waals surface area (Å²) in [5, 5.41) is 0. The summed E-state index contributed by atoms with van der Waals surface area (Å²) in [6.45, 7) is 5.52. The van der Waals surface area contributed by atoms with Gasteiger partial charge in [-0.3, -0.25) is 0 Å². The maximum absolute atomic E-state index is 12.6. The maximum atomic E-state index is 12.6. The molecule has 5 nitrogen and oxygen atoms in total. The normalized spacial score (nSPS) is 18.4. The minimum Gasteiger partial charge on any atom is -0.398 e. The smallest absolute Gasteiger partial charge is 0.243 e. The van der Waals surface area contributed by atoms with E-state index in [1.165, 1.54) is 0 Å². The fourth-order valence-electron chi connectivity index (χ4n) is 2.57. The number of likely N-dealkylation sites (tertiary alicyclic amines) is 1. The first-order chi connectivity index (χ1) is 9.31. The van der Waals surface area contributed by atoms with Crippen molar-refractivity contribution in [1.82, 2.24) is 9.62 Å². The van der Waals surface area contributed by atoms with E-state index in [1.54, 1.807) is 13.0 Å². The predicted molar refractivity (Wildman–Crippen MR) is 81.2 cm³/mol. The second-order valence-electron chi connectivity index (χ2n) is 5.62. The van der Waals surface area contributed by atoms with Gasteiger partial charge in [-0.15, -0.1) is 0 Å². The molecule has 0 aliphatic carbocycles. The number of hydrogen-bond donors (Lipinski definition) is 2. The van der Waals surface area contributed by atoms with Gasteiger partial charge in [-0.2, -0.15) is 0 Å². The molecule has 0 spiro atoms. The first kappa shape index (κ1) is 15.3. The molecule has 0 unspecified atom stereocenters. The van der Waals surface area contributed by atoms with Crippen molar-refractivity contribution < 1.29 is 8.42 Å². The lowest BCUT2D eigenvalue weighted by atomic mass is 10.1. The Hall–Kier alpha value is -1.11. The van der Waals surface area contributed by atoms with Crippen LogP contribution in [0.1, 0.15) is 24.0 Å². The van der Waals surface area contributed by atoms with E-state index in [-0.39, 0.29) is 10.9 Å². The van der Waals surface area contributed by atoms with Crippen LogP contribution in [-0.4, -0.2) is 39.5 Å². The monoisotopic (exact) mass is 297 g/mol. The molecule has 1 aliphatic heterocycles. The van der Waals surface area contributed by atoms with Gasteiger partial charge in [-0.05, 0) is 64.0 Å². The second-order valence-corrected chi connectivity index (χ2v) is 7.28. The number of benzene rings is 1. The van der Waals surface area contributed by atoms with Gasteiger partial charge >= 0.3 is 0 Å². The molecule has 0 radical (unpaired) electrons. The summed E-state index contributed by atoms with van der Waals surface area (Å²) in [4.78, 5) is 2.44. The van der Waals surface area contributed by atoms with E-state index >= 15 is 0 Å². The third-order valence-corrected chi connectivity index (χ3v) is 5.74. The van der Waals surface area contributed by atoms with Crippen molar-refractivity contribution in [3.05, 3.63) is 23.3 Å². The zero-order valence-corrected chi connectivity index (χ0v) is 13.1. The molecule has 1 aliphatic rings. The highest BCUT2D eigenvalue weighted by Gasteiger charge is 2.26. The number of nitrogens with one attached hydrogen (secondary N) is 1. The number of piperidine rings is 1. The highest BCUT2D eigenvalue weighted by molar-refractivity contribution is 7.89. The van der Waals surface area contributed by atoms with Crippen molar-refractivity contribution in [3.63, 3.8) is 0 Å². The van der Waals surface area contributed by atoms with Gasteiger partial charge in [-0.25, -0.2) is 13.1 Å². The van der Waals surface area contributed by atoms with Gasteiger partial charge in [0.05, 0.1) is 5.69 Å². The van der Waals surface area contributed by atoms with E-state index in [0.717, 1.165) is 37.1 Å². The van der Waals surface area contributed by atoms with E-state index in [1.807, 2.05) is 20.0 Å². The van der Waals surface area contributed by atoms with Gasteiger partial charge in [0.2, 0.25) is 10.0 Å². The summed E-state index contributed by atoms with van der Waals surface area (Å²) < 4.78 is 27.9. The first-order valence-electron chi connectivity index (χ1n) is 6.88. The highest BCUT2D eigenvalue weighted by Crippen LogP contribution is 2.26. The molecule has 6 heteroatoms. The van der Waals surface area contributed by atoms with Crippen molar-refractivity contribution in [2.24, 2.45) is 0 Å². The fourth-order valence-corrected chi connectivity index (χ4v) is 4.31. The van der Waals surface area contributed by atoms with Gasteiger partial charge in [0.25, 0.3) is 0 Å². The zero-order chi connectivity index (χ0) is 14.9. The van der Waals surface area contributed by atoms with Gasteiger partial charge in [-0.1, -0.05) is 6.07 Å². The largest absolute Gasteiger partial charge is 0.398 e. The van der Waals surface area contributed by atoms with Crippen molar-refractivity contribution in [2.75, 3.05) is 25.9 Å². The molecule has 0 atom stereocenters. The molecule has 1 fully saturated rings. The van der Waals surface area contributed by atoms with E-state index < -0.39 is 10.0 Å². The fraction of sp³-hybridized carbons (Fsp3) is 0.571. The Morgan fingerprint density at radius 1 is 1.25 bits per heavy atom. The molecule has 1 aromatic carbocycles. The summed E-state index contributed by atoms with van der Waals surface area (Å²) in [5.74, 6) is 0. The first-order valence-corrected chi connectivity index (χ1v) is 8.36. The minimum absolute atomic E-state index is 0.00416. The van der Waals surface area contributed by atoms with Crippen LogP contribution < -0.4 is 10.5 Å². The van der Waals surface area contributed by atoms with Gasteiger partial charge in [0, 0.05) is 6.04 Å². The molecule has 0 saturated carbocycles. The van der Waals surface area contributed by atoms with E-state index in [2.05, 4.69) is 9.62 Å². The third kappa shape index (κ3) is 3.13. The van der Waals surface area contributed by atoms with Gasteiger partial charge in [0.1, 0.15) is 4.90 Å². The van der Waals surface area contributed by atoms with Crippen LogP contribution in [0.15, 0.2) is 17.0 Å². The summed E-state index contributed by atoms with van der Waals surface area (Å²) in [7, 11) is -1.51. The van der Waals surface area contributed by atoms with Crippen LogP contribution in [0.3, 0.4) is 0 Å². The quantitative estimate of drug-likeness (QED) is 0.824. The number of aryl methyl sites for hydroxylation is 1. The van der Waals surface area contributed by atoms with Crippen molar-refractivity contribution in [3.8, 4) is 0 Å². The summed E-state index contributed by atoms with van der Waals surface area (Å²) >= 11 is 0. The lowest BCUT2D eigenvalue weighted by Gasteiger charge is -2.29. The number of anilines is 1. The average Bonchev–Trinajstić information content (AvgIpc) is 2.37. The lowest BCUT2D eigenvalue weighted by Crippen LogP contribution is -2.43. The standard InChI is InChI=1S/C14H23N3O2S/c1-10-4-5-13(15)14(11(10)2)20(18,19)16-12-6-8-17(3)9-7-12/h4-5,12,16H,6-9,15H2,1-3H3. The molecule has 2 rings (SSSR count). The molecular formula is C14H23N3O2S. The van der Waals surface area contributed by atoms with Crippen LogP contribution in [0.25, 0.3) is 0 Å². The van der Waals surface area contributed by atoms with Crippen molar-refractivity contribution in [2.45, 2.75) is 37.6 Å².